The number of ether oxygens (including phenoxy) is 1. The highest BCUT2D eigenvalue weighted by atomic mass is 32.2. The van der Waals surface area contributed by atoms with Crippen molar-refractivity contribution in [2.75, 3.05) is 6.61 Å². The van der Waals surface area contributed by atoms with Crippen LogP contribution in [0.3, 0.4) is 0 Å². The van der Waals surface area contributed by atoms with Crippen molar-refractivity contribution in [3.05, 3.63) is 0 Å². The van der Waals surface area contributed by atoms with Gasteiger partial charge < -0.3 is 4.74 Å². The molecule has 2 fully saturated rings. The molecular weight excluding hydrogens is 370 g/mol. The first kappa shape index (κ1) is 19.6. The van der Waals surface area contributed by atoms with Gasteiger partial charge in [-0.1, -0.05) is 11.5 Å². The second-order valence-corrected chi connectivity index (χ2v) is 6.85. The Kier molecular flexibility index (Phi) is 5.62. The largest absolute Gasteiger partial charge is 0.464 e. The third-order valence-corrected chi connectivity index (χ3v) is 5.60. The summed E-state index contributed by atoms with van der Waals surface area (Å²) < 4.78 is 80.9. The zero-order chi connectivity index (χ0) is 18.2. The maximum atomic E-state index is 13.0. The second-order valence-electron chi connectivity index (χ2n) is 5.94. The van der Waals surface area contributed by atoms with Crippen molar-refractivity contribution >= 4 is 18.0 Å². The summed E-state index contributed by atoms with van der Waals surface area (Å²) in [5, 5.41) is 10.7. The first-order valence-electron chi connectivity index (χ1n) is 6.99. The van der Waals surface area contributed by atoms with E-state index in [4.69, 9.17) is 5.26 Å². The molecule has 0 heterocycles. The SMILES string of the molecule is O=C(OCC1CC2CCC1C2)C(SOOO)(C(F)(F)F)C(F)(F)F. The molecule has 0 aliphatic heterocycles. The highest BCUT2D eigenvalue weighted by molar-refractivity contribution is 7.96. The van der Waals surface area contributed by atoms with Crippen LogP contribution in [-0.2, 0) is 18.9 Å². The van der Waals surface area contributed by atoms with E-state index in [0.717, 1.165) is 19.3 Å². The molecule has 0 amide bonds. The summed E-state index contributed by atoms with van der Waals surface area (Å²) in [6, 6.07) is 0. The summed E-state index contributed by atoms with van der Waals surface area (Å²) in [5.41, 5.74) is 0. The number of esters is 1. The Labute approximate surface area is 136 Å². The van der Waals surface area contributed by atoms with Crippen LogP contribution >= 0.6 is 12.0 Å². The summed E-state index contributed by atoms with van der Waals surface area (Å²) in [5.74, 6) is -2.26. The summed E-state index contributed by atoms with van der Waals surface area (Å²) in [4.78, 5) is 11.7. The van der Waals surface area contributed by atoms with Crippen molar-refractivity contribution in [1.29, 1.82) is 0 Å². The lowest BCUT2D eigenvalue weighted by Crippen LogP contribution is -2.60. The molecule has 24 heavy (non-hydrogen) atoms. The minimum atomic E-state index is -6.08. The fraction of sp³-hybridized carbons (Fsp3) is 0.917. The Bertz CT molecular complexity index is 454. The minimum Gasteiger partial charge on any atom is -0.464 e. The van der Waals surface area contributed by atoms with Crippen LogP contribution in [-0.4, -0.2) is 34.9 Å². The Morgan fingerprint density at radius 1 is 1.08 bits per heavy atom. The number of carbonyl (C=O) groups excluding carboxylic acids is 1. The van der Waals surface area contributed by atoms with Gasteiger partial charge in [-0.25, -0.2) is 10.1 Å². The van der Waals surface area contributed by atoms with Gasteiger partial charge in [0, 0.05) is 0 Å². The fourth-order valence-corrected chi connectivity index (χ4v) is 3.90. The molecule has 2 bridgehead atoms. The van der Waals surface area contributed by atoms with E-state index in [-0.39, 0.29) is 11.8 Å². The van der Waals surface area contributed by atoms with Gasteiger partial charge in [0.2, 0.25) is 0 Å². The lowest BCUT2D eigenvalue weighted by Gasteiger charge is -2.33. The maximum Gasteiger partial charge on any atom is 0.425 e. The van der Waals surface area contributed by atoms with E-state index < -0.39 is 41.7 Å². The molecule has 3 unspecified atom stereocenters. The van der Waals surface area contributed by atoms with Crippen molar-refractivity contribution in [3.63, 3.8) is 0 Å². The van der Waals surface area contributed by atoms with Crippen molar-refractivity contribution < 1.29 is 50.5 Å². The molecule has 0 spiro atoms. The number of hydrogen-bond acceptors (Lipinski definition) is 6. The Morgan fingerprint density at radius 3 is 2.12 bits per heavy atom. The normalized spacial score (nSPS) is 27.5. The molecular formula is C12H14F6O5S. The van der Waals surface area contributed by atoms with Gasteiger partial charge in [-0.3, -0.25) is 0 Å². The summed E-state index contributed by atoms with van der Waals surface area (Å²) >= 11 is -1.41. The van der Waals surface area contributed by atoms with Crippen LogP contribution in [0.15, 0.2) is 0 Å². The number of carbonyl (C=O) groups is 1. The molecule has 140 valence electrons. The Balaban J connectivity index is 2.14. The third-order valence-electron chi connectivity index (χ3n) is 4.59. The van der Waals surface area contributed by atoms with Crippen molar-refractivity contribution in [2.24, 2.45) is 17.8 Å². The Morgan fingerprint density at radius 2 is 1.71 bits per heavy atom. The molecule has 0 aromatic carbocycles. The predicted octanol–water partition coefficient (Wildman–Crippen LogP) is 3.90. The van der Waals surface area contributed by atoms with E-state index in [0.29, 0.717) is 12.3 Å². The van der Waals surface area contributed by atoms with Gasteiger partial charge in [0.15, 0.2) is 0 Å². The zero-order valence-electron chi connectivity index (χ0n) is 12.0. The second kappa shape index (κ2) is 6.89. The first-order chi connectivity index (χ1) is 11.0. The number of fused-ring (bicyclic) bond motifs is 2. The average Bonchev–Trinajstić information content (AvgIpc) is 3.05. The quantitative estimate of drug-likeness (QED) is 0.246. The van der Waals surface area contributed by atoms with Crippen molar-refractivity contribution in [3.8, 4) is 0 Å². The molecule has 0 aromatic rings. The van der Waals surface area contributed by atoms with Crippen molar-refractivity contribution in [1.82, 2.24) is 0 Å². The molecule has 1 N–H and O–H groups in total. The van der Waals surface area contributed by atoms with Gasteiger partial charge in [-0.2, -0.15) is 26.3 Å². The third kappa shape index (κ3) is 3.46. The predicted molar refractivity (Wildman–Crippen MR) is 67.1 cm³/mol. The molecule has 2 rings (SSSR count). The molecule has 5 nitrogen and oxygen atoms in total. The smallest absolute Gasteiger partial charge is 0.425 e. The summed E-state index contributed by atoms with van der Waals surface area (Å²) in [7, 11) is 0. The number of hydrogen-bond donors (Lipinski definition) is 1. The van der Waals surface area contributed by atoms with Crippen molar-refractivity contribution in [2.45, 2.75) is 42.8 Å². The van der Waals surface area contributed by atoms with E-state index in [1.165, 1.54) is 0 Å². The molecule has 2 aliphatic carbocycles. The minimum absolute atomic E-state index is 0.152. The number of halogens is 6. The van der Waals surface area contributed by atoms with Crippen LogP contribution in [0.5, 0.6) is 0 Å². The standard InChI is InChI=1S/C12H14F6O5S/c13-11(14,15)10(12(16,17)18,24-23-22-20)9(19)21-5-8-4-6-1-2-7(8)3-6/h6-8,20H,1-5H2. The topological polar surface area (TPSA) is 65.0 Å². The van der Waals surface area contributed by atoms with Gasteiger partial charge >= 0.3 is 23.1 Å². The van der Waals surface area contributed by atoms with E-state index in [2.05, 4.69) is 14.1 Å². The van der Waals surface area contributed by atoms with E-state index in [1.807, 2.05) is 0 Å². The highest BCUT2D eigenvalue weighted by Crippen LogP contribution is 2.54. The molecule has 2 saturated carbocycles. The average molecular weight is 384 g/mol. The van der Waals surface area contributed by atoms with Crippen LogP contribution in [0.4, 0.5) is 26.3 Å². The Hall–Kier alpha value is -0.720. The van der Waals surface area contributed by atoms with Crippen LogP contribution in [0.1, 0.15) is 25.7 Å². The van der Waals surface area contributed by atoms with Crippen LogP contribution in [0.2, 0.25) is 0 Å². The molecule has 12 heteroatoms. The fourth-order valence-electron chi connectivity index (χ4n) is 3.45. The van der Waals surface area contributed by atoms with Gasteiger partial charge in [0.1, 0.15) is 0 Å². The first-order valence-corrected chi connectivity index (χ1v) is 7.73. The number of alkyl halides is 6. The lowest BCUT2D eigenvalue weighted by molar-refractivity contribution is -0.434. The molecule has 3 atom stereocenters. The molecule has 2 aliphatic rings. The summed E-state index contributed by atoms with van der Waals surface area (Å²) in [6.45, 7) is -0.519. The van der Waals surface area contributed by atoms with Gasteiger partial charge in [0.25, 0.3) is 0 Å². The zero-order valence-corrected chi connectivity index (χ0v) is 12.8. The van der Waals surface area contributed by atoms with E-state index in [1.54, 1.807) is 0 Å². The monoisotopic (exact) mass is 384 g/mol. The highest BCUT2D eigenvalue weighted by Gasteiger charge is 2.79. The number of rotatable bonds is 6. The van der Waals surface area contributed by atoms with Gasteiger partial charge in [0.05, 0.1) is 18.6 Å². The van der Waals surface area contributed by atoms with Crippen LogP contribution < -0.4 is 0 Å². The summed E-state index contributed by atoms with van der Waals surface area (Å²) in [6.07, 6.45) is -8.90. The van der Waals surface area contributed by atoms with Crippen LogP contribution in [0.25, 0.3) is 0 Å². The van der Waals surface area contributed by atoms with E-state index in [9.17, 15) is 31.1 Å². The van der Waals surface area contributed by atoms with E-state index >= 15 is 0 Å². The van der Waals surface area contributed by atoms with Gasteiger partial charge in [-0.15, -0.1) is 4.33 Å². The maximum absolute atomic E-state index is 13.0. The lowest BCUT2D eigenvalue weighted by atomic mass is 9.89. The molecule has 0 radical (unpaired) electrons. The van der Waals surface area contributed by atoms with Crippen LogP contribution in [0, 0.1) is 17.8 Å². The molecule has 0 saturated heterocycles. The molecule has 0 aromatic heterocycles. The van der Waals surface area contributed by atoms with Gasteiger partial charge in [-0.05, 0) is 37.0 Å².